The van der Waals surface area contributed by atoms with E-state index in [1.807, 2.05) is 0 Å². The van der Waals surface area contributed by atoms with Crippen molar-refractivity contribution in [2.45, 2.75) is 19.4 Å². The first-order chi connectivity index (χ1) is 6.92. The summed E-state index contributed by atoms with van der Waals surface area (Å²) in [5, 5.41) is 5.00. The molecule has 2 N–H and O–H groups in total. The van der Waals surface area contributed by atoms with Crippen LogP contribution in [0.4, 0.5) is 0 Å². The fourth-order valence-electron chi connectivity index (χ4n) is 2.61. The molecule has 2 aliphatic rings. The van der Waals surface area contributed by atoms with Gasteiger partial charge in [0.2, 0.25) is 10.0 Å². The first-order valence-corrected chi connectivity index (χ1v) is 6.98. The van der Waals surface area contributed by atoms with E-state index in [1.54, 1.807) is 0 Å². The quantitative estimate of drug-likeness (QED) is 0.707. The molecule has 2 saturated heterocycles. The van der Waals surface area contributed by atoms with E-state index in [1.165, 1.54) is 0 Å². The van der Waals surface area contributed by atoms with Crippen molar-refractivity contribution in [1.82, 2.24) is 4.90 Å². The Bertz CT molecular complexity index is 335. The third-order valence-corrected chi connectivity index (χ3v) is 4.11. The van der Waals surface area contributed by atoms with Gasteiger partial charge in [0.05, 0.1) is 18.5 Å². The molecule has 0 aromatic carbocycles. The van der Waals surface area contributed by atoms with Gasteiger partial charge in [0.25, 0.3) is 0 Å². The van der Waals surface area contributed by atoms with Crippen LogP contribution in [0, 0.1) is 5.41 Å². The smallest absolute Gasteiger partial charge is 0.211 e. The second kappa shape index (κ2) is 3.69. The van der Waals surface area contributed by atoms with Gasteiger partial charge in [0.1, 0.15) is 0 Å². The standard InChI is InChI=1S/C9H18N2O3S/c1-2-11-5-9(6-11)3-8(14-7-9)4-15(10,12)13/h8H,2-7H2,1H3,(H2,10,12,13). The Morgan fingerprint density at radius 2 is 2.20 bits per heavy atom. The Morgan fingerprint density at radius 1 is 1.53 bits per heavy atom. The van der Waals surface area contributed by atoms with Gasteiger partial charge in [-0.05, 0) is 13.0 Å². The van der Waals surface area contributed by atoms with Crippen LogP contribution in [0.5, 0.6) is 0 Å². The van der Waals surface area contributed by atoms with Crippen molar-refractivity contribution in [3.05, 3.63) is 0 Å². The molecule has 1 unspecified atom stereocenters. The predicted molar refractivity (Wildman–Crippen MR) is 56.9 cm³/mol. The van der Waals surface area contributed by atoms with Crippen LogP contribution in [0.25, 0.3) is 0 Å². The number of ether oxygens (including phenoxy) is 1. The summed E-state index contributed by atoms with van der Waals surface area (Å²) in [6.45, 7) is 5.94. The Morgan fingerprint density at radius 3 is 2.73 bits per heavy atom. The minimum absolute atomic E-state index is 0.0408. The van der Waals surface area contributed by atoms with Crippen LogP contribution in [0.3, 0.4) is 0 Å². The normalized spacial score (nSPS) is 30.7. The van der Waals surface area contributed by atoms with Crippen molar-refractivity contribution in [1.29, 1.82) is 0 Å². The molecule has 6 heteroatoms. The van der Waals surface area contributed by atoms with Crippen molar-refractivity contribution < 1.29 is 13.2 Å². The van der Waals surface area contributed by atoms with Crippen LogP contribution in [0.1, 0.15) is 13.3 Å². The zero-order valence-electron chi connectivity index (χ0n) is 8.98. The van der Waals surface area contributed by atoms with Gasteiger partial charge >= 0.3 is 0 Å². The molecule has 2 fully saturated rings. The second-order valence-electron chi connectivity index (χ2n) is 4.77. The van der Waals surface area contributed by atoms with Gasteiger partial charge in [0, 0.05) is 18.5 Å². The molecule has 15 heavy (non-hydrogen) atoms. The van der Waals surface area contributed by atoms with Gasteiger partial charge < -0.3 is 9.64 Å². The predicted octanol–water partition coefficient (Wildman–Crippen LogP) is -0.614. The molecular formula is C9H18N2O3S. The van der Waals surface area contributed by atoms with Crippen LogP contribution in [0.15, 0.2) is 0 Å². The summed E-state index contributed by atoms with van der Waals surface area (Å²) in [6, 6.07) is 0. The first-order valence-electron chi connectivity index (χ1n) is 5.27. The summed E-state index contributed by atoms with van der Waals surface area (Å²) in [6.07, 6.45) is 0.638. The highest BCUT2D eigenvalue weighted by Crippen LogP contribution is 2.40. The third kappa shape index (κ3) is 2.50. The summed E-state index contributed by atoms with van der Waals surface area (Å²) in [5.41, 5.74) is 0.214. The zero-order valence-corrected chi connectivity index (χ0v) is 9.79. The molecule has 0 radical (unpaired) electrons. The monoisotopic (exact) mass is 234 g/mol. The van der Waals surface area contributed by atoms with E-state index >= 15 is 0 Å². The van der Waals surface area contributed by atoms with Crippen molar-refractivity contribution in [3.8, 4) is 0 Å². The lowest BCUT2D eigenvalue weighted by Crippen LogP contribution is -2.56. The van der Waals surface area contributed by atoms with Gasteiger partial charge in [-0.25, -0.2) is 13.6 Å². The molecule has 0 aromatic rings. The maximum absolute atomic E-state index is 10.9. The highest BCUT2D eigenvalue weighted by Gasteiger charge is 2.48. The van der Waals surface area contributed by atoms with E-state index in [0.29, 0.717) is 6.61 Å². The van der Waals surface area contributed by atoms with Gasteiger partial charge in [-0.2, -0.15) is 0 Å². The number of nitrogens with two attached hydrogens (primary N) is 1. The number of nitrogens with zero attached hydrogens (tertiary/aromatic N) is 1. The van der Waals surface area contributed by atoms with Crippen LogP contribution in [-0.2, 0) is 14.8 Å². The van der Waals surface area contributed by atoms with E-state index in [9.17, 15) is 8.42 Å². The molecule has 2 aliphatic heterocycles. The fraction of sp³-hybridized carbons (Fsp3) is 1.00. The lowest BCUT2D eigenvalue weighted by Gasteiger charge is -2.47. The summed E-state index contributed by atoms with van der Waals surface area (Å²) in [4.78, 5) is 2.34. The van der Waals surface area contributed by atoms with Gasteiger partial charge in [-0.15, -0.1) is 0 Å². The van der Waals surface area contributed by atoms with Gasteiger partial charge in [-0.3, -0.25) is 0 Å². The summed E-state index contributed by atoms with van der Waals surface area (Å²) in [7, 11) is -3.40. The minimum Gasteiger partial charge on any atom is -0.376 e. The van der Waals surface area contributed by atoms with Gasteiger partial charge in [-0.1, -0.05) is 6.92 Å². The molecule has 1 atom stereocenters. The van der Waals surface area contributed by atoms with Crippen LogP contribution >= 0.6 is 0 Å². The van der Waals surface area contributed by atoms with Gasteiger partial charge in [0.15, 0.2) is 0 Å². The topological polar surface area (TPSA) is 72.6 Å². The molecule has 0 saturated carbocycles. The Hall–Kier alpha value is -0.170. The second-order valence-corrected chi connectivity index (χ2v) is 6.43. The van der Waals surface area contributed by atoms with Crippen LogP contribution in [0.2, 0.25) is 0 Å². The molecule has 2 heterocycles. The first kappa shape index (κ1) is 11.3. The van der Waals surface area contributed by atoms with Crippen LogP contribution < -0.4 is 5.14 Å². The number of sulfonamides is 1. The van der Waals surface area contributed by atoms with E-state index < -0.39 is 10.0 Å². The van der Waals surface area contributed by atoms with Crippen molar-refractivity contribution in [2.24, 2.45) is 10.6 Å². The van der Waals surface area contributed by atoms with Crippen molar-refractivity contribution in [2.75, 3.05) is 32.0 Å². The number of likely N-dealkylation sites (tertiary alicyclic amines) is 1. The Kier molecular flexibility index (Phi) is 2.79. The van der Waals surface area contributed by atoms with E-state index in [-0.39, 0.29) is 17.3 Å². The molecule has 2 rings (SSSR count). The number of primary sulfonamides is 1. The molecule has 0 aromatic heterocycles. The fourth-order valence-corrected chi connectivity index (χ4v) is 3.34. The highest BCUT2D eigenvalue weighted by molar-refractivity contribution is 7.89. The maximum atomic E-state index is 10.9. The molecule has 0 amide bonds. The maximum Gasteiger partial charge on any atom is 0.211 e. The SMILES string of the molecule is CCN1CC2(COC(CS(N)(=O)=O)C2)C1. The molecule has 88 valence electrons. The summed E-state index contributed by atoms with van der Waals surface area (Å²) >= 11 is 0. The van der Waals surface area contributed by atoms with Crippen molar-refractivity contribution in [3.63, 3.8) is 0 Å². The largest absolute Gasteiger partial charge is 0.376 e. The Labute approximate surface area is 90.6 Å². The molecule has 1 spiro atoms. The zero-order chi connectivity index (χ0) is 11.1. The molecular weight excluding hydrogens is 216 g/mol. The highest BCUT2D eigenvalue weighted by atomic mass is 32.2. The lowest BCUT2D eigenvalue weighted by molar-refractivity contribution is -0.00444. The van der Waals surface area contributed by atoms with E-state index in [2.05, 4.69) is 11.8 Å². The summed E-state index contributed by atoms with van der Waals surface area (Å²) in [5.74, 6) is -0.0408. The van der Waals surface area contributed by atoms with Crippen LogP contribution in [-0.4, -0.2) is 51.4 Å². The van der Waals surface area contributed by atoms with E-state index in [4.69, 9.17) is 9.88 Å². The molecule has 0 bridgehead atoms. The Balaban J connectivity index is 1.86. The number of rotatable bonds is 3. The average Bonchev–Trinajstić information content (AvgIpc) is 2.42. The lowest BCUT2D eigenvalue weighted by atomic mass is 9.78. The average molecular weight is 234 g/mol. The molecule has 5 nitrogen and oxygen atoms in total. The summed E-state index contributed by atoms with van der Waals surface area (Å²) < 4.78 is 27.3. The number of hydrogen-bond donors (Lipinski definition) is 1. The van der Waals surface area contributed by atoms with E-state index in [0.717, 1.165) is 26.1 Å². The number of hydrogen-bond acceptors (Lipinski definition) is 4. The van der Waals surface area contributed by atoms with Crippen molar-refractivity contribution >= 4 is 10.0 Å². The minimum atomic E-state index is -3.40. The third-order valence-electron chi connectivity index (χ3n) is 3.27. The molecule has 0 aliphatic carbocycles.